The third kappa shape index (κ3) is 3.71. The van der Waals surface area contributed by atoms with E-state index < -0.39 is 0 Å². The summed E-state index contributed by atoms with van der Waals surface area (Å²) in [5, 5.41) is 0. The molecule has 5 aliphatic rings. The molecule has 4 aromatic rings. The second-order valence-electron chi connectivity index (χ2n) is 13.4. The summed E-state index contributed by atoms with van der Waals surface area (Å²) < 4.78 is 0. The lowest BCUT2D eigenvalue weighted by Gasteiger charge is -2.43. The van der Waals surface area contributed by atoms with E-state index in [0.717, 1.165) is 41.4 Å². The molecule has 5 atom stereocenters. The molecule has 0 bridgehead atoms. The molecule has 4 unspecified atom stereocenters. The summed E-state index contributed by atoms with van der Waals surface area (Å²) in [6, 6.07) is 26.9. The molecule has 0 amide bonds. The lowest BCUT2D eigenvalue weighted by Crippen LogP contribution is -2.38. The summed E-state index contributed by atoms with van der Waals surface area (Å²) in [6.45, 7) is 2.46. The van der Waals surface area contributed by atoms with E-state index >= 15 is 0 Å². The monoisotopic (exact) mass is 571 g/mol. The first-order valence-electron chi connectivity index (χ1n) is 16.5. The van der Waals surface area contributed by atoms with E-state index in [-0.39, 0.29) is 11.3 Å². The van der Waals surface area contributed by atoms with Crippen molar-refractivity contribution in [3.63, 3.8) is 0 Å². The molecule has 0 N–H and O–H groups in total. The van der Waals surface area contributed by atoms with Gasteiger partial charge in [0.2, 0.25) is 0 Å². The Kier molecular flexibility index (Phi) is 5.98. The number of hydrogen-bond donors (Lipinski definition) is 0. The second kappa shape index (κ2) is 10.1. The van der Waals surface area contributed by atoms with Gasteiger partial charge in [0.25, 0.3) is 0 Å². The van der Waals surface area contributed by atoms with Crippen LogP contribution in [0.5, 0.6) is 0 Å². The Hall–Kier alpha value is -4.37. The highest BCUT2D eigenvalue weighted by Crippen LogP contribution is 2.68. The van der Waals surface area contributed by atoms with E-state index in [1.54, 1.807) is 11.1 Å². The molecule has 1 saturated carbocycles. The van der Waals surface area contributed by atoms with E-state index in [1.807, 2.05) is 6.07 Å². The third-order valence-electron chi connectivity index (χ3n) is 11.1. The molecule has 3 heteroatoms. The number of allylic oxidation sites excluding steroid dienone is 8. The largest absolute Gasteiger partial charge is 0.212 e. The molecule has 3 nitrogen and oxygen atoms in total. The first kappa shape index (κ1) is 26.1. The van der Waals surface area contributed by atoms with E-state index in [0.29, 0.717) is 17.8 Å². The standard InChI is InChI=1S/C41H37N3/c1-26-13-12-20-33-31-19-9-11-22-35(31)41(37(26)33)34-21-10-8-18-30(34)32-24-23-29(25-36(32)41)40-43-38(27-14-4-2-5-15-27)42-39(44-40)28-16-6-3-7-17-28/h2-7,9,11-12,14-16,19-20,22-26,28,30,34H,8,10,13,17-18,21H2,1H3/t26?,28?,30-,34?,41?/m1/s1. The fourth-order valence-corrected chi connectivity index (χ4v) is 9.35. The highest BCUT2D eigenvalue weighted by molar-refractivity contribution is 5.90. The molecule has 0 aliphatic heterocycles. The van der Waals surface area contributed by atoms with Crippen molar-refractivity contribution in [2.45, 2.75) is 62.7 Å². The van der Waals surface area contributed by atoms with Crippen molar-refractivity contribution in [3.8, 4) is 22.8 Å². The quantitative estimate of drug-likeness (QED) is 0.246. The number of nitrogens with zero attached hydrogens (tertiary/aromatic N) is 3. The zero-order chi connectivity index (χ0) is 29.3. The van der Waals surface area contributed by atoms with Crippen molar-refractivity contribution in [2.75, 3.05) is 0 Å². The summed E-state index contributed by atoms with van der Waals surface area (Å²) in [4.78, 5) is 15.4. The lowest BCUT2D eigenvalue weighted by molar-refractivity contribution is 0.252. The molecule has 1 spiro atoms. The summed E-state index contributed by atoms with van der Waals surface area (Å²) >= 11 is 0. The van der Waals surface area contributed by atoms with Crippen LogP contribution < -0.4 is 0 Å². The average Bonchev–Trinajstić information content (AvgIpc) is 3.56. The van der Waals surface area contributed by atoms with Crippen molar-refractivity contribution in [2.24, 2.45) is 11.8 Å². The molecular formula is C41H37N3. The van der Waals surface area contributed by atoms with Crippen molar-refractivity contribution >= 4 is 5.57 Å². The summed E-state index contributed by atoms with van der Waals surface area (Å²) in [6.07, 6.45) is 20.7. The van der Waals surface area contributed by atoms with Gasteiger partial charge in [0.1, 0.15) is 5.82 Å². The van der Waals surface area contributed by atoms with Crippen molar-refractivity contribution < 1.29 is 0 Å². The van der Waals surface area contributed by atoms with E-state index in [4.69, 9.17) is 15.0 Å². The molecule has 0 saturated heterocycles. The van der Waals surface area contributed by atoms with Crippen LogP contribution in [-0.2, 0) is 5.41 Å². The van der Waals surface area contributed by atoms with Gasteiger partial charge in [-0.05, 0) is 82.9 Å². The molecule has 3 aromatic carbocycles. The third-order valence-corrected chi connectivity index (χ3v) is 11.1. The van der Waals surface area contributed by atoms with Gasteiger partial charge in [-0.15, -0.1) is 0 Å². The number of aromatic nitrogens is 3. The van der Waals surface area contributed by atoms with E-state index in [9.17, 15) is 0 Å². The van der Waals surface area contributed by atoms with Crippen LogP contribution in [-0.4, -0.2) is 15.0 Å². The highest BCUT2D eigenvalue weighted by atomic mass is 15.0. The summed E-state index contributed by atoms with van der Waals surface area (Å²) in [5.41, 5.74) is 11.2. The van der Waals surface area contributed by atoms with Crippen molar-refractivity contribution in [1.29, 1.82) is 0 Å². The number of fused-ring (bicyclic) bond motifs is 9. The smallest absolute Gasteiger partial charge is 0.163 e. The number of hydrogen-bond acceptors (Lipinski definition) is 3. The topological polar surface area (TPSA) is 38.7 Å². The Bertz CT molecular complexity index is 1910. The maximum atomic E-state index is 5.19. The Balaban J connectivity index is 1.28. The molecule has 216 valence electrons. The molecule has 5 aliphatic carbocycles. The Morgan fingerprint density at radius 1 is 0.727 bits per heavy atom. The van der Waals surface area contributed by atoms with Crippen molar-refractivity contribution in [3.05, 3.63) is 143 Å². The molecule has 1 heterocycles. The van der Waals surface area contributed by atoms with Crippen LogP contribution in [0.15, 0.2) is 115 Å². The van der Waals surface area contributed by atoms with Gasteiger partial charge in [-0.2, -0.15) is 0 Å². The van der Waals surface area contributed by atoms with Crippen LogP contribution >= 0.6 is 0 Å². The van der Waals surface area contributed by atoms with Gasteiger partial charge in [-0.3, -0.25) is 0 Å². The van der Waals surface area contributed by atoms with Gasteiger partial charge in [0.15, 0.2) is 11.6 Å². The maximum absolute atomic E-state index is 5.19. The molecule has 9 rings (SSSR count). The van der Waals surface area contributed by atoms with Crippen LogP contribution in [0, 0.1) is 11.8 Å². The lowest BCUT2D eigenvalue weighted by atomic mass is 9.59. The fourth-order valence-electron chi connectivity index (χ4n) is 9.35. The van der Waals surface area contributed by atoms with Crippen LogP contribution in [0.2, 0.25) is 0 Å². The first-order chi connectivity index (χ1) is 21.7. The minimum Gasteiger partial charge on any atom is -0.212 e. The summed E-state index contributed by atoms with van der Waals surface area (Å²) in [5.74, 6) is 4.23. The molecule has 0 radical (unpaired) electrons. The summed E-state index contributed by atoms with van der Waals surface area (Å²) in [7, 11) is 0. The Morgan fingerprint density at radius 3 is 2.41 bits per heavy atom. The predicted octanol–water partition coefficient (Wildman–Crippen LogP) is 9.74. The van der Waals surface area contributed by atoms with Gasteiger partial charge in [0.05, 0.1) is 0 Å². The SMILES string of the molecule is CC1CC=CC2=C1C1(c3ccccc32)c2cc(-c3nc(-c4ccccc4)nc(C4C=CC=CC4)n3)ccc2[C@H]2CCCCC21. The number of benzene rings is 3. The zero-order valence-electron chi connectivity index (χ0n) is 25.3. The van der Waals surface area contributed by atoms with Crippen LogP contribution in [0.4, 0.5) is 0 Å². The maximum Gasteiger partial charge on any atom is 0.163 e. The molecule has 44 heavy (non-hydrogen) atoms. The van der Waals surface area contributed by atoms with Gasteiger partial charge in [-0.25, -0.2) is 15.0 Å². The van der Waals surface area contributed by atoms with Crippen molar-refractivity contribution in [1.82, 2.24) is 15.0 Å². The average molecular weight is 572 g/mol. The van der Waals surface area contributed by atoms with Gasteiger partial charge in [0, 0.05) is 22.5 Å². The van der Waals surface area contributed by atoms with Crippen LogP contribution in [0.3, 0.4) is 0 Å². The van der Waals surface area contributed by atoms with Gasteiger partial charge in [-0.1, -0.05) is 123 Å². The molecule has 1 fully saturated rings. The van der Waals surface area contributed by atoms with E-state index in [1.165, 1.54) is 47.9 Å². The molecule has 1 aromatic heterocycles. The Labute approximate surface area is 260 Å². The zero-order valence-corrected chi connectivity index (χ0v) is 25.3. The van der Waals surface area contributed by atoms with Gasteiger partial charge >= 0.3 is 0 Å². The van der Waals surface area contributed by atoms with E-state index in [2.05, 4.69) is 110 Å². The highest BCUT2D eigenvalue weighted by Gasteiger charge is 2.59. The van der Waals surface area contributed by atoms with Crippen LogP contribution in [0.1, 0.15) is 85.4 Å². The normalized spacial score (nSPS) is 27.8. The van der Waals surface area contributed by atoms with Gasteiger partial charge < -0.3 is 0 Å². The second-order valence-corrected chi connectivity index (χ2v) is 13.4. The molecular weight excluding hydrogens is 534 g/mol. The fraction of sp³-hybridized carbons (Fsp3) is 0.293. The first-order valence-corrected chi connectivity index (χ1v) is 16.5. The Morgan fingerprint density at radius 2 is 1.55 bits per heavy atom. The number of rotatable bonds is 3. The van der Waals surface area contributed by atoms with Crippen LogP contribution in [0.25, 0.3) is 28.3 Å². The minimum absolute atomic E-state index is 0.0818. The predicted molar refractivity (Wildman–Crippen MR) is 178 cm³/mol. The minimum atomic E-state index is -0.0818.